The van der Waals surface area contributed by atoms with E-state index >= 15 is 0 Å². The zero-order chi connectivity index (χ0) is 24.5. The SMILES string of the molecule is COC1CCC(C#N)CC1C1CC(C)NCC1C(=O)NC1NC2CN(C(=O)[C@@H]3CCCO3)CC2S1. The summed E-state index contributed by atoms with van der Waals surface area (Å²) in [5.41, 5.74) is -0.145. The third-order valence-corrected chi connectivity index (χ3v) is 10.1. The van der Waals surface area contributed by atoms with E-state index < -0.39 is 0 Å². The molecule has 9 nitrogen and oxygen atoms in total. The van der Waals surface area contributed by atoms with Gasteiger partial charge in [-0.25, -0.2) is 0 Å². The smallest absolute Gasteiger partial charge is 0.251 e. The van der Waals surface area contributed by atoms with Crippen molar-refractivity contribution in [3.8, 4) is 6.07 Å². The van der Waals surface area contributed by atoms with Crippen LogP contribution in [0.1, 0.15) is 45.4 Å². The van der Waals surface area contributed by atoms with Crippen LogP contribution in [0.4, 0.5) is 0 Å². The number of hydrogen-bond donors (Lipinski definition) is 3. The number of likely N-dealkylation sites (tertiary alicyclic amines) is 1. The Balaban J connectivity index is 1.18. The molecular formula is C25H39N5O4S. The van der Waals surface area contributed by atoms with Gasteiger partial charge in [-0.3, -0.25) is 14.9 Å². The van der Waals surface area contributed by atoms with E-state index in [1.165, 1.54) is 0 Å². The van der Waals surface area contributed by atoms with E-state index in [-0.39, 0.29) is 64.5 Å². The lowest BCUT2D eigenvalue weighted by Gasteiger charge is -2.44. The number of thioether (sulfide) groups is 1. The number of rotatable bonds is 5. The second kappa shape index (κ2) is 10.9. The molecule has 3 N–H and O–H groups in total. The first-order valence-corrected chi connectivity index (χ1v) is 14.2. The molecule has 0 aromatic carbocycles. The summed E-state index contributed by atoms with van der Waals surface area (Å²) in [6.07, 6.45) is 5.09. The molecule has 0 bridgehead atoms. The highest BCUT2D eigenvalue weighted by molar-refractivity contribution is 8.00. The van der Waals surface area contributed by atoms with Crippen LogP contribution in [-0.2, 0) is 19.1 Å². The monoisotopic (exact) mass is 505 g/mol. The van der Waals surface area contributed by atoms with Crippen molar-refractivity contribution >= 4 is 23.6 Å². The van der Waals surface area contributed by atoms with Crippen molar-refractivity contribution in [1.82, 2.24) is 20.9 Å². The largest absolute Gasteiger partial charge is 0.381 e. The first-order chi connectivity index (χ1) is 17.0. The number of carbonyl (C=O) groups is 2. The second-order valence-corrected chi connectivity index (χ2v) is 12.3. The lowest BCUT2D eigenvalue weighted by Crippen LogP contribution is -2.55. The van der Waals surface area contributed by atoms with E-state index in [1.807, 2.05) is 4.90 Å². The number of ether oxygens (including phenoxy) is 2. The van der Waals surface area contributed by atoms with Gasteiger partial charge < -0.3 is 25.0 Å². The molecule has 5 fully saturated rings. The fourth-order valence-corrected chi connectivity index (χ4v) is 8.29. The summed E-state index contributed by atoms with van der Waals surface area (Å²) >= 11 is 1.72. The molecule has 0 spiro atoms. The van der Waals surface area contributed by atoms with Crippen LogP contribution in [0.2, 0.25) is 0 Å². The molecule has 10 heteroatoms. The highest BCUT2D eigenvalue weighted by atomic mass is 32.2. The van der Waals surface area contributed by atoms with Crippen molar-refractivity contribution in [3.05, 3.63) is 0 Å². The summed E-state index contributed by atoms with van der Waals surface area (Å²) in [5, 5.41) is 20.1. The number of piperidine rings is 1. The number of hydrogen-bond acceptors (Lipinski definition) is 8. The van der Waals surface area contributed by atoms with E-state index in [4.69, 9.17) is 9.47 Å². The molecule has 4 saturated heterocycles. The Morgan fingerprint density at radius 3 is 2.77 bits per heavy atom. The van der Waals surface area contributed by atoms with Crippen molar-refractivity contribution in [2.24, 2.45) is 23.7 Å². The van der Waals surface area contributed by atoms with Gasteiger partial charge in [-0.2, -0.15) is 5.26 Å². The maximum atomic E-state index is 13.5. The Morgan fingerprint density at radius 2 is 2.06 bits per heavy atom. The molecule has 0 aromatic heterocycles. The molecule has 1 saturated carbocycles. The summed E-state index contributed by atoms with van der Waals surface area (Å²) in [5.74, 6) is 0.498. The zero-order valence-corrected chi connectivity index (χ0v) is 21.6. The Kier molecular flexibility index (Phi) is 7.90. The van der Waals surface area contributed by atoms with E-state index in [0.717, 1.165) is 38.5 Å². The van der Waals surface area contributed by atoms with Crippen molar-refractivity contribution in [2.75, 3.05) is 33.4 Å². The summed E-state index contributed by atoms with van der Waals surface area (Å²) in [6, 6.07) is 2.99. The number of amides is 2. The van der Waals surface area contributed by atoms with Gasteiger partial charge in [0, 0.05) is 56.6 Å². The van der Waals surface area contributed by atoms with E-state index in [2.05, 4.69) is 28.9 Å². The molecule has 9 unspecified atom stereocenters. The summed E-state index contributed by atoms with van der Waals surface area (Å²) < 4.78 is 11.4. The molecular weight excluding hydrogens is 466 g/mol. The summed E-state index contributed by atoms with van der Waals surface area (Å²) in [7, 11) is 1.76. The second-order valence-electron chi connectivity index (χ2n) is 11.0. The topological polar surface area (TPSA) is 116 Å². The molecule has 2 amide bonds. The number of methoxy groups -OCH3 is 1. The van der Waals surface area contributed by atoms with Gasteiger partial charge in [-0.15, -0.1) is 11.8 Å². The van der Waals surface area contributed by atoms with Gasteiger partial charge in [0.15, 0.2) is 0 Å². The average molecular weight is 506 g/mol. The highest BCUT2D eigenvalue weighted by Crippen LogP contribution is 2.42. The number of nitrogens with one attached hydrogen (secondary N) is 3. The average Bonchev–Trinajstić information content (AvgIpc) is 3.60. The van der Waals surface area contributed by atoms with Gasteiger partial charge in [0.2, 0.25) is 5.91 Å². The molecule has 5 aliphatic rings. The van der Waals surface area contributed by atoms with Crippen LogP contribution in [0, 0.1) is 35.0 Å². The zero-order valence-electron chi connectivity index (χ0n) is 20.8. The van der Waals surface area contributed by atoms with Gasteiger partial charge in [0.25, 0.3) is 5.91 Å². The standard InChI is InChI=1S/C25H39N5O4S/c1-14-8-16(17-9-15(10-26)5-6-20(17)33-2)18(11-27-14)23(31)29-25-28-19-12-30(13-22(19)35-25)24(32)21-4-3-7-34-21/h14-22,25,27-28H,3-9,11-13H2,1-2H3,(H,29,31)/t14?,15?,16?,17?,18?,19?,20?,21-,22?,25?/m0/s1. The van der Waals surface area contributed by atoms with E-state index in [0.29, 0.717) is 32.3 Å². The fraction of sp³-hybridized carbons (Fsp3) is 0.880. The van der Waals surface area contributed by atoms with E-state index in [9.17, 15) is 14.9 Å². The van der Waals surface area contributed by atoms with Gasteiger partial charge in [-0.05, 0) is 57.3 Å². The van der Waals surface area contributed by atoms with Crippen molar-refractivity contribution in [3.63, 3.8) is 0 Å². The Hall–Kier alpha value is -1.38. The van der Waals surface area contributed by atoms with Crippen LogP contribution < -0.4 is 16.0 Å². The lowest BCUT2D eigenvalue weighted by atomic mass is 9.66. The van der Waals surface area contributed by atoms with Crippen LogP contribution in [0.25, 0.3) is 0 Å². The molecule has 0 radical (unpaired) electrons. The Morgan fingerprint density at radius 1 is 1.20 bits per heavy atom. The summed E-state index contributed by atoms with van der Waals surface area (Å²) in [4.78, 5) is 28.2. The minimum absolute atomic E-state index is 0.0482. The van der Waals surface area contributed by atoms with Crippen LogP contribution in [0.3, 0.4) is 0 Å². The third kappa shape index (κ3) is 5.35. The quantitative estimate of drug-likeness (QED) is 0.508. The van der Waals surface area contributed by atoms with Gasteiger partial charge in [0.05, 0.1) is 18.1 Å². The molecule has 5 rings (SSSR count). The first kappa shape index (κ1) is 25.3. The van der Waals surface area contributed by atoms with Gasteiger partial charge in [0.1, 0.15) is 11.6 Å². The Bertz CT molecular complexity index is 819. The van der Waals surface area contributed by atoms with Crippen LogP contribution in [0.15, 0.2) is 0 Å². The number of nitrogens with zero attached hydrogens (tertiary/aromatic N) is 2. The summed E-state index contributed by atoms with van der Waals surface area (Å²) in [6.45, 7) is 4.87. The van der Waals surface area contributed by atoms with Crippen LogP contribution in [0.5, 0.6) is 0 Å². The fourth-order valence-electron chi connectivity index (χ4n) is 6.88. The first-order valence-electron chi connectivity index (χ1n) is 13.2. The predicted molar refractivity (Wildman–Crippen MR) is 132 cm³/mol. The molecule has 4 aliphatic heterocycles. The van der Waals surface area contributed by atoms with Crippen LogP contribution in [-0.4, -0.2) is 85.1 Å². The minimum Gasteiger partial charge on any atom is -0.381 e. The lowest BCUT2D eigenvalue weighted by molar-refractivity contribution is -0.140. The molecule has 35 heavy (non-hydrogen) atoms. The normalized spacial score (nSPS) is 43.5. The molecule has 0 aromatic rings. The minimum atomic E-state index is -0.274. The maximum absolute atomic E-state index is 13.5. The Labute approximate surface area is 212 Å². The highest BCUT2D eigenvalue weighted by Gasteiger charge is 2.47. The number of fused-ring (bicyclic) bond motifs is 1. The molecule has 4 heterocycles. The molecule has 10 atom stereocenters. The van der Waals surface area contributed by atoms with Crippen LogP contribution >= 0.6 is 11.8 Å². The number of carbonyl (C=O) groups excluding carboxylic acids is 2. The van der Waals surface area contributed by atoms with Crippen molar-refractivity contribution < 1.29 is 19.1 Å². The van der Waals surface area contributed by atoms with Crippen molar-refractivity contribution in [2.45, 2.75) is 80.5 Å². The van der Waals surface area contributed by atoms with Crippen molar-refractivity contribution in [1.29, 1.82) is 5.26 Å². The maximum Gasteiger partial charge on any atom is 0.251 e. The predicted octanol–water partition coefficient (Wildman–Crippen LogP) is 1.05. The van der Waals surface area contributed by atoms with Gasteiger partial charge in [-0.1, -0.05) is 0 Å². The number of nitriles is 1. The van der Waals surface area contributed by atoms with E-state index in [1.54, 1.807) is 18.9 Å². The molecule has 194 valence electrons. The molecule has 1 aliphatic carbocycles. The van der Waals surface area contributed by atoms with Gasteiger partial charge >= 0.3 is 0 Å². The third-order valence-electron chi connectivity index (χ3n) is 8.77.